The van der Waals surface area contributed by atoms with Gasteiger partial charge in [-0.1, -0.05) is 11.6 Å². The van der Waals surface area contributed by atoms with Crippen LogP contribution in [0.25, 0.3) is 0 Å². The Hall–Kier alpha value is -2.44. The first-order chi connectivity index (χ1) is 16.6. The van der Waals surface area contributed by atoms with Crippen LogP contribution in [0.5, 0.6) is 5.75 Å². The van der Waals surface area contributed by atoms with Gasteiger partial charge in [0.2, 0.25) is 11.8 Å². The van der Waals surface area contributed by atoms with Crippen LogP contribution in [0.4, 0.5) is 17.6 Å². The Kier molecular flexibility index (Phi) is 6.39. The summed E-state index contributed by atoms with van der Waals surface area (Å²) in [5.41, 5.74) is -0.389. The summed E-state index contributed by atoms with van der Waals surface area (Å²) in [5.74, 6) is 0.161. The van der Waals surface area contributed by atoms with Gasteiger partial charge in [0, 0.05) is 17.5 Å². The van der Waals surface area contributed by atoms with Crippen molar-refractivity contribution in [1.82, 2.24) is 15.5 Å². The fraction of sp³-hybridized carbons (Fsp3) is 0.591. The first-order valence-electron chi connectivity index (χ1n) is 11.2. The maximum absolute atomic E-state index is 13.5. The van der Waals surface area contributed by atoms with E-state index in [2.05, 4.69) is 20.3 Å². The standard InChI is InChI=1S/C22H22ClF4N3O5/c23-15-3-1-12(5-16(15)24)32-10-18(31)28-21-6-11(7-21)14(8-21)19-29-30-20(35-19)17-4-2-13(34-17)9-33-22(25,26)27/h1,3,5,11,13-14,17H,2,4,6-10H2,(H,28,31)/t11?,13-,14-,17+,21?/m0/s1. The Morgan fingerprint density at radius 3 is 2.71 bits per heavy atom. The number of hydrogen-bond donors (Lipinski definition) is 1. The third kappa shape index (κ3) is 5.39. The Bertz CT molecular complexity index is 1090. The number of aromatic nitrogens is 2. The highest BCUT2D eigenvalue weighted by molar-refractivity contribution is 6.30. The van der Waals surface area contributed by atoms with E-state index in [1.165, 1.54) is 12.1 Å². The first kappa shape index (κ1) is 24.3. The van der Waals surface area contributed by atoms with Crippen molar-refractivity contribution in [3.63, 3.8) is 0 Å². The molecule has 0 radical (unpaired) electrons. The number of halogens is 5. The summed E-state index contributed by atoms with van der Waals surface area (Å²) in [4.78, 5) is 12.4. The fourth-order valence-electron chi connectivity index (χ4n) is 5.20. The minimum Gasteiger partial charge on any atom is -0.484 e. The summed E-state index contributed by atoms with van der Waals surface area (Å²) >= 11 is 5.64. The second-order valence-corrected chi connectivity index (χ2v) is 9.64. The SMILES string of the molecule is O=C(COc1ccc(Cl)c(F)c1)NC12CC(C1)[C@@H](c1nnc([C@H]3CC[C@@H](COC(F)(F)F)O3)o1)C2. The molecule has 4 aliphatic rings. The molecule has 190 valence electrons. The van der Waals surface area contributed by atoms with E-state index < -0.39 is 31.0 Å². The van der Waals surface area contributed by atoms with Crippen molar-refractivity contribution >= 4 is 17.5 Å². The molecule has 1 aliphatic heterocycles. The number of carbonyl (C=O) groups is 1. The Labute approximate surface area is 202 Å². The van der Waals surface area contributed by atoms with Crippen LogP contribution in [0.2, 0.25) is 5.02 Å². The lowest BCUT2D eigenvalue weighted by Crippen LogP contribution is -2.53. The molecule has 1 aromatic carbocycles. The van der Waals surface area contributed by atoms with Crippen LogP contribution in [0.15, 0.2) is 22.6 Å². The highest BCUT2D eigenvalue weighted by atomic mass is 35.5. The van der Waals surface area contributed by atoms with Crippen molar-refractivity contribution in [3.05, 3.63) is 40.8 Å². The molecule has 13 heteroatoms. The van der Waals surface area contributed by atoms with E-state index in [4.69, 9.17) is 25.5 Å². The lowest BCUT2D eigenvalue weighted by molar-refractivity contribution is -0.331. The topological polar surface area (TPSA) is 95.7 Å². The zero-order valence-electron chi connectivity index (χ0n) is 18.3. The van der Waals surface area contributed by atoms with E-state index in [-0.39, 0.29) is 46.6 Å². The van der Waals surface area contributed by atoms with Crippen LogP contribution in [0.3, 0.4) is 0 Å². The second kappa shape index (κ2) is 9.21. The van der Waals surface area contributed by atoms with Crippen molar-refractivity contribution in [2.45, 2.75) is 62.1 Å². The van der Waals surface area contributed by atoms with E-state index >= 15 is 0 Å². The fourth-order valence-corrected chi connectivity index (χ4v) is 5.31. The summed E-state index contributed by atoms with van der Waals surface area (Å²) in [6.45, 7) is -0.842. The van der Waals surface area contributed by atoms with Crippen molar-refractivity contribution in [2.75, 3.05) is 13.2 Å². The lowest BCUT2D eigenvalue weighted by atomic mass is 9.76. The zero-order valence-corrected chi connectivity index (χ0v) is 19.1. The van der Waals surface area contributed by atoms with Gasteiger partial charge in [-0.25, -0.2) is 4.39 Å². The summed E-state index contributed by atoms with van der Waals surface area (Å²) in [6, 6.07) is 3.95. The predicted molar refractivity (Wildman–Crippen MR) is 111 cm³/mol. The minimum atomic E-state index is -4.70. The summed E-state index contributed by atoms with van der Waals surface area (Å²) in [5, 5.41) is 11.2. The van der Waals surface area contributed by atoms with Crippen LogP contribution in [-0.2, 0) is 14.3 Å². The minimum absolute atomic E-state index is 0.0304. The molecule has 3 atom stereocenters. The van der Waals surface area contributed by atoms with E-state index in [9.17, 15) is 22.4 Å². The molecule has 3 aliphatic carbocycles. The molecule has 3 saturated carbocycles. The number of amides is 1. The van der Waals surface area contributed by atoms with Gasteiger partial charge in [0.25, 0.3) is 5.91 Å². The number of benzene rings is 1. The molecule has 1 amide bonds. The van der Waals surface area contributed by atoms with E-state index in [0.717, 1.165) is 18.9 Å². The van der Waals surface area contributed by atoms with Crippen molar-refractivity contribution in [3.8, 4) is 5.75 Å². The van der Waals surface area contributed by atoms with Gasteiger partial charge < -0.3 is 19.2 Å². The van der Waals surface area contributed by atoms with E-state index in [1.54, 1.807) is 0 Å². The quantitative estimate of drug-likeness (QED) is 0.515. The van der Waals surface area contributed by atoms with Crippen molar-refractivity contribution in [1.29, 1.82) is 0 Å². The van der Waals surface area contributed by atoms with Gasteiger partial charge in [-0.05, 0) is 50.2 Å². The van der Waals surface area contributed by atoms with Crippen molar-refractivity contribution in [2.24, 2.45) is 5.92 Å². The highest BCUT2D eigenvalue weighted by Gasteiger charge is 2.58. The predicted octanol–water partition coefficient (Wildman–Crippen LogP) is 4.45. The average molecular weight is 520 g/mol. The number of alkyl halides is 3. The van der Waals surface area contributed by atoms with Gasteiger partial charge in [-0.2, -0.15) is 0 Å². The molecule has 35 heavy (non-hydrogen) atoms. The van der Waals surface area contributed by atoms with Gasteiger partial charge in [0.1, 0.15) is 17.7 Å². The Balaban J connectivity index is 1.11. The van der Waals surface area contributed by atoms with Crippen LogP contribution >= 0.6 is 11.6 Å². The number of fused-ring (bicyclic) bond motifs is 1. The molecular weight excluding hydrogens is 498 g/mol. The molecule has 1 aromatic heterocycles. The van der Waals surface area contributed by atoms with Crippen LogP contribution in [0.1, 0.15) is 55.9 Å². The third-order valence-electron chi connectivity index (χ3n) is 6.74. The Morgan fingerprint density at radius 1 is 1.20 bits per heavy atom. The zero-order chi connectivity index (χ0) is 24.8. The normalized spacial score (nSPS) is 29.7. The third-order valence-corrected chi connectivity index (χ3v) is 7.05. The molecule has 0 unspecified atom stereocenters. The van der Waals surface area contributed by atoms with Gasteiger partial charge in [0.15, 0.2) is 6.61 Å². The number of rotatable bonds is 8. The molecule has 0 spiro atoms. The van der Waals surface area contributed by atoms with Crippen molar-refractivity contribution < 1.29 is 41.0 Å². The van der Waals surface area contributed by atoms with Gasteiger partial charge in [-0.3, -0.25) is 9.53 Å². The lowest BCUT2D eigenvalue weighted by Gasteiger charge is -2.39. The second-order valence-electron chi connectivity index (χ2n) is 9.23. The molecule has 1 saturated heterocycles. The smallest absolute Gasteiger partial charge is 0.484 e. The highest BCUT2D eigenvalue weighted by Crippen LogP contribution is 2.59. The number of nitrogens with one attached hydrogen (secondary N) is 1. The first-order valence-corrected chi connectivity index (χ1v) is 11.6. The molecule has 8 nitrogen and oxygen atoms in total. The van der Waals surface area contributed by atoms with E-state index in [1.807, 2.05) is 0 Å². The number of carbonyl (C=O) groups excluding carboxylic acids is 1. The van der Waals surface area contributed by atoms with Gasteiger partial charge in [-0.15, -0.1) is 23.4 Å². The average Bonchev–Trinajstić information content (AvgIpc) is 3.54. The van der Waals surface area contributed by atoms with Crippen LogP contribution in [-0.4, -0.2) is 47.3 Å². The molecule has 2 heterocycles. The van der Waals surface area contributed by atoms with Gasteiger partial charge >= 0.3 is 6.36 Å². The summed E-state index contributed by atoms with van der Waals surface area (Å²) < 4.78 is 70.8. The number of ether oxygens (including phenoxy) is 3. The molecule has 2 bridgehead atoms. The molecule has 1 N–H and O–H groups in total. The summed E-state index contributed by atoms with van der Waals surface area (Å²) in [6.07, 6.45) is -2.98. The number of nitrogens with zero attached hydrogens (tertiary/aromatic N) is 2. The molecule has 6 rings (SSSR count). The number of hydrogen-bond acceptors (Lipinski definition) is 7. The Morgan fingerprint density at radius 2 is 1.97 bits per heavy atom. The van der Waals surface area contributed by atoms with E-state index in [0.29, 0.717) is 25.2 Å². The monoisotopic (exact) mass is 519 g/mol. The largest absolute Gasteiger partial charge is 0.522 e. The van der Waals surface area contributed by atoms with Gasteiger partial charge in [0.05, 0.1) is 17.7 Å². The maximum atomic E-state index is 13.5. The molecule has 2 aromatic rings. The van der Waals surface area contributed by atoms with Crippen LogP contribution < -0.4 is 10.1 Å². The molecule has 4 fully saturated rings. The van der Waals surface area contributed by atoms with Crippen LogP contribution in [0, 0.1) is 11.7 Å². The molecular formula is C22H22ClF4N3O5. The maximum Gasteiger partial charge on any atom is 0.522 e. The summed E-state index contributed by atoms with van der Waals surface area (Å²) in [7, 11) is 0.